The molecule has 116 valence electrons. The van der Waals surface area contributed by atoms with Gasteiger partial charge in [-0.05, 0) is 48.5 Å². The van der Waals surface area contributed by atoms with E-state index in [4.69, 9.17) is 9.47 Å². The molecule has 0 N–H and O–H groups in total. The topological polar surface area (TPSA) is 52.6 Å². The molecule has 0 radical (unpaired) electrons. The van der Waals surface area contributed by atoms with Gasteiger partial charge in [0.25, 0.3) is 0 Å². The Balaban J connectivity index is 1.70. The van der Waals surface area contributed by atoms with Crippen LogP contribution in [-0.4, -0.2) is 32.3 Å². The van der Waals surface area contributed by atoms with Crippen molar-refractivity contribution in [2.75, 3.05) is 18.6 Å². The Labute approximate surface area is 134 Å². The number of ether oxygens (including phenoxy) is 2. The highest BCUT2D eigenvalue weighted by Gasteiger charge is 2.29. The minimum atomic E-state index is -3.19. The van der Waals surface area contributed by atoms with Gasteiger partial charge in [-0.2, -0.15) is 11.8 Å². The monoisotopic (exact) mass is 336 g/mol. The lowest BCUT2D eigenvalue weighted by atomic mass is 10.3. The van der Waals surface area contributed by atoms with E-state index in [2.05, 4.69) is 0 Å². The number of methoxy groups -OCH3 is 1. The quantitative estimate of drug-likeness (QED) is 0.757. The summed E-state index contributed by atoms with van der Waals surface area (Å²) in [5, 5.41) is 0.264. The van der Waals surface area contributed by atoms with E-state index in [-0.39, 0.29) is 11.0 Å². The van der Waals surface area contributed by atoms with Gasteiger partial charge < -0.3 is 9.47 Å². The third kappa shape index (κ3) is 3.75. The average Bonchev–Trinajstić information content (AvgIpc) is 3.32. The summed E-state index contributed by atoms with van der Waals surface area (Å²) >= 11 is 1.68. The summed E-state index contributed by atoms with van der Waals surface area (Å²) in [6, 6.07) is 13.8. The molecule has 1 saturated heterocycles. The van der Waals surface area contributed by atoms with E-state index in [1.165, 1.54) is 0 Å². The van der Waals surface area contributed by atoms with Crippen LogP contribution in [0.25, 0.3) is 0 Å². The second kappa shape index (κ2) is 6.22. The first-order chi connectivity index (χ1) is 10.6. The maximum Gasteiger partial charge on any atom is 0.179 e. The fourth-order valence-electron chi connectivity index (χ4n) is 2.00. The predicted octanol–water partition coefficient (Wildman–Crippen LogP) is 3.38. The van der Waals surface area contributed by atoms with E-state index in [1.54, 1.807) is 55.3 Å². The highest BCUT2D eigenvalue weighted by molar-refractivity contribution is 8.08. The normalized spacial score (nSPS) is 17.0. The molecule has 0 saturated carbocycles. The second-order valence-corrected chi connectivity index (χ2v) is 8.35. The molecule has 1 aliphatic heterocycles. The highest BCUT2D eigenvalue weighted by Crippen LogP contribution is 2.33. The molecule has 1 atom stereocenters. The number of rotatable bonds is 6. The summed E-state index contributed by atoms with van der Waals surface area (Å²) in [6.07, 6.45) is 0. The molecule has 0 amide bonds. The molecular weight excluding hydrogens is 320 g/mol. The van der Waals surface area contributed by atoms with Crippen LogP contribution in [-0.2, 0) is 9.84 Å². The Kier molecular flexibility index (Phi) is 4.31. The van der Waals surface area contributed by atoms with E-state index < -0.39 is 9.84 Å². The van der Waals surface area contributed by atoms with Crippen LogP contribution < -0.4 is 9.47 Å². The summed E-state index contributed by atoms with van der Waals surface area (Å²) in [5.74, 6) is 3.19. The number of sulfone groups is 1. The van der Waals surface area contributed by atoms with Crippen molar-refractivity contribution in [3.63, 3.8) is 0 Å². The third-order valence-electron chi connectivity index (χ3n) is 3.29. The van der Waals surface area contributed by atoms with Gasteiger partial charge in [0, 0.05) is 11.0 Å². The molecule has 2 aromatic carbocycles. The number of hydrogen-bond donors (Lipinski definition) is 0. The zero-order valence-electron chi connectivity index (χ0n) is 12.1. The fourth-order valence-corrected chi connectivity index (χ4v) is 4.68. The Morgan fingerprint density at radius 2 is 1.50 bits per heavy atom. The van der Waals surface area contributed by atoms with Gasteiger partial charge in [0.05, 0.1) is 17.8 Å². The molecular formula is C16H16O4S2. The standard InChI is InChI=1S/C16H16O4S2/c1-19-12-2-4-13(5-3-12)20-14-6-8-16(9-7-14)22(17,18)11-15-10-21-15/h2-9,15H,10-11H2,1H3. The Morgan fingerprint density at radius 3 is 2.00 bits per heavy atom. The first-order valence-electron chi connectivity index (χ1n) is 6.83. The Hall–Kier alpha value is -1.66. The zero-order chi connectivity index (χ0) is 15.6. The molecule has 0 spiro atoms. The Bertz CT molecular complexity index is 733. The van der Waals surface area contributed by atoms with Crippen molar-refractivity contribution in [1.82, 2.24) is 0 Å². The summed E-state index contributed by atoms with van der Waals surface area (Å²) in [4.78, 5) is 0.349. The maximum absolute atomic E-state index is 12.2. The van der Waals surface area contributed by atoms with Crippen molar-refractivity contribution in [2.45, 2.75) is 10.1 Å². The van der Waals surface area contributed by atoms with Gasteiger partial charge in [0.1, 0.15) is 17.2 Å². The van der Waals surface area contributed by atoms with Crippen LogP contribution in [0, 0.1) is 0 Å². The van der Waals surface area contributed by atoms with Gasteiger partial charge in [0.2, 0.25) is 0 Å². The van der Waals surface area contributed by atoms with Crippen molar-refractivity contribution in [3.8, 4) is 17.2 Å². The zero-order valence-corrected chi connectivity index (χ0v) is 13.7. The van der Waals surface area contributed by atoms with Crippen molar-refractivity contribution in [1.29, 1.82) is 0 Å². The van der Waals surface area contributed by atoms with Crippen molar-refractivity contribution < 1.29 is 17.9 Å². The summed E-state index contributed by atoms with van der Waals surface area (Å²) < 4.78 is 35.1. The lowest BCUT2D eigenvalue weighted by molar-refractivity contribution is 0.413. The largest absolute Gasteiger partial charge is 0.497 e. The first kappa shape index (κ1) is 15.2. The van der Waals surface area contributed by atoms with Gasteiger partial charge in [-0.1, -0.05) is 0 Å². The van der Waals surface area contributed by atoms with Crippen LogP contribution in [0.15, 0.2) is 53.4 Å². The molecule has 4 nitrogen and oxygen atoms in total. The van der Waals surface area contributed by atoms with E-state index in [0.717, 1.165) is 11.5 Å². The minimum Gasteiger partial charge on any atom is -0.497 e. The molecule has 2 aromatic rings. The smallest absolute Gasteiger partial charge is 0.179 e. The van der Waals surface area contributed by atoms with Crippen LogP contribution in [0.3, 0.4) is 0 Å². The molecule has 1 aliphatic rings. The van der Waals surface area contributed by atoms with Gasteiger partial charge in [0.15, 0.2) is 9.84 Å². The number of thioether (sulfide) groups is 1. The average molecular weight is 336 g/mol. The molecule has 3 rings (SSSR count). The number of benzene rings is 2. The van der Waals surface area contributed by atoms with Gasteiger partial charge in [-0.25, -0.2) is 8.42 Å². The lowest BCUT2D eigenvalue weighted by Crippen LogP contribution is -2.10. The van der Waals surface area contributed by atoms with Crippen molar-refractivity contribution in [2.24, 2.45) is 0 Å². The van der Waals surface area contributed by atoms with Crippen LogP contribution in [0.5, 0.6) is 17.2 Å². The van der Waals surface area contributed by atoms with E-state index in [9.17, 15) is 8.42 Å². The predicted molar refractivity (Wildman–Crippen MR) is 87.8 cm³/mol. The molecule has 6 heteroatoms. The second-order valence-electron chi connectivity index (χ2n) is 4.99. The van der Waals surface area contributed by atoms with E-state index in [0.29, 0.717) is 16.4 Å². The third-order valence-corrected chi connectivity index (χ3v) is 6.30. The number of hydrogen-bond acceptors (Lipinski definition) is 5. The minimum absolute atomic E-state index is 0.219. The van der Waals surface area contributed by atoms with E-state index >= 15 is 0 Å². The van der Waals surface area contributed by atoms with Crippen molar-refractivity contribution >= 4 is 21.6 Å². The highest BCUT2D eigenvalue weighted by atomic mass is 32.2. The van der Waals surface area contributed by atoms with Crippen LogP contribution in [0.1, 0.15) is 0 Å². The summed E-state index contributed by atoms with van der Waals surface area (Å²) in [6.45, 7) is 0. The first-order valence-corrected chi connectivity index (χ1v) is 9.53. The van der Waals surface area contributed by atoms with Gasteiger partial charge >= 0.3 is 0 Å². The van der Waals surface area contributed by atoms with Crippen LogP contribution in [0.4, 0.5) is 0 Å². The molecule has 0 aliphatic carbocycles. The summed E-state index contributed by atoms with van der Waals surface area (Å²) in [5.41, 5.74) is 0. The van der Waals surface area contributed by atoms with Gasteiger partial charge in [-0.3, -0.25) is 0 Å². The molecule has 1 unspecified atom stereocenters. The molecule has 0 bridgehead atoms. The van der Waals surface area contributed by atoms with Crippen LogP contribution in [0.2, 0.25) is 0 Å². The summed E-state index contributed by atoms with van der Waals surface area (Å²) in [7, 11) is -1.58. The molecule has 0 aromatic heterocycles. The van der Waals surface area contributed by atoms with Crippen molar-refractivity contribution in [3.05, 3.63) is 48.5 Å². The fraction of sp³-hybridized carbons (Fsp3) is 0.250. The maximum atomic E-state index is 12.2. The Morgan fingerprint density at radius 1 is 1.00 bits per heavy atom. The molecule has 1 heterocycles. The van der Waals surface area contributed by atoms with E-state index in [1.807, 2.05) is 12.1 Å². The van der Waals surface area contributed by atoms with Crippen LogP contribution >= 0.6 is 11.8 Å². The van der Waals surface area contributed by atoms with Gasteiger partial charge in [-0.15, -0.1) is 0 Å². The molecule has 22 heavy (non-hydrogen) atoms. The SMILES string of the molecule is COc1ccc(Oc2ccc(S(=O)(=O)CC3CS3)cc2)cc1. The molecule has 1 fully saturated rings. The lowest BCUT2D eigenvalue weighted by Gasteiger charge is -2.08.